The molecular formula is C18H18ClN3O3. The predicted molar refractivity (Wildman–Crippen MR) is 95.7 cm³/mol. The molecule has 0 fully saturated rings. The van der Waals surface area contributed by atoms with Crippen LogP contribution in [-0.2, 0) is 11.3 Å². The third-order valence-electron chi connectivity index (χ3n) is 3.76. The number of carbonyl (C=O) groups excluding carboxylic acids is 2. The number of hydrogen-bond acceptors (Lipinski definition) is 3. The number of urea groups is 1. The van der Waals surface area contributed by atoms with Crippen LogP contribution in [0.3, 0.4) is 0 Å². The van der Waals surface area contributed by atoms with Crippen molar-refractivity contribution in [1.82, 2.24) is 10.9 Å². The lowest BCUT2D eigenvalue weighted by atomic mass is 10.2. The molecule has 0 bridgehead atoms. The van der Waals surface area contributed by atoms with Gasteiger partial charge >= 0.3 is 6.03 Å². The number of halogens is 1. The highest BCUT2D eigenvalue weighted by atomic mass is 35.5. The van der Waals surface area contributed by atoms with Gasteiger partial charge in [-0.1, -0.05) is 36.7 Å². The van der Waals surface area contributed by atoms with E-state index in [2.05, 4.69) is 10.9 Å². The quantitative estimate of drug-likeness (QED) is 0.796. The standard InChI is InChI=1S/C18H18ClN3O3/c1-2-5-17(23)20-21-18(24)22-11-12-6-3-4-7-15(12)25-16-9-8-13(19)10-14(16)22/h3-4,6-10H,2,5,11H2,1H3,(H,20,23)(H,21,24). The summed E-state index contributed by atoms with van der Waals surface area (Å²) in [4.78, 5) is 25.7. The number of rotatable bonds is 2. The van der Waals surface area contributed by atoms with E-state index in [4.69, 9.17) is 16.3 Å². The zero-order chi connectivity index (χ0) is 17.8. The van der Waals surface area contributed by atoms with Gasteiger partial charge in [-0.25, -0.2) is 10.2 Å². The van der Waals surface area contributed by atoms with Crippen LogP contribution in [-0.4, -0.2) is 11.9 Å². The van der Waals surface area contributed by atoms with Crippen LogP contribution < -0.4 is 20.5 Å². The largest absolute Gasteiger partial charge is 0.455 e. The lowest BCUT2D eigenvalue weighted by Crippen LogP contribution is -2.48. The average Bonchev–Trinajstić information content (AvgIpc) is 2.76. The fraction of sp³-hybridized carbons (Fsp3) is 0.222. The van der Waals surface area contributed by atoms with Crippen molar-refractivity contribution in [3.8, 4) is 11.5 Å². The molecule has 1 aliphatic rings. The molecular weight excluding hydrogens is 342 g/mol. The summed E-state index contributed by atoms with van der Waals surface area (Å²) >= 11 is 6.10. The second-order valence-electron chi connectivity index (χ2n) is 5.64. The molecule has 1 heterocycles. The number of hydrazine groups is 1. The Labute approximate surface area is 150 Å². The highest BCUT2D eigenvalue weighted by Gasteiger charge is 2.25. The predicted octanol–water partition coefficient (Wildman–Crippen LogP) is 3.99. The molecule has 0 saturated carbocycles. The number of hydrogen-bond donors (Lipinski definition) is 2. The van der Waals surface area contributed by atoms with E-state index in [1.165, 1.54) is 4.90 Å². The maximum absolute atomic E-state index is 12.6. The summed E-state index contributed by atoms with van der Waals surface area (Å²) in [6, 6.07) is 12.1. The molecule has 0 aliphatic carbocycles. The van der Waals surface area contributed by atoms with Gasteiger partial charge in [-0.2, -0.15) is 0 Å². The van der Waals surface area contributed by atoms with Crippen LogP contribution in [0, 0.1) is 0 Å². The Morgan fingerprint density at radius 3 is 2.76 bits per heavy atom. The smallest absolute Gasteiger partial charge is 0.341 e. The van der Waals surface area contributed by atoms with Gasteiger partial charge in [0.1, 0.15) is 5.75 Å². The van der Waals surface area contributed by atoms with Crippen molar-refractivity contribution in [2.75, 3.05) is 4.90 Å². The van der Waals surface area contributed by atoms with E-state index in [1.54, 1.807) is 18.2 Å². The van der Waals surface area contributed by atoms with E-state index < -0.39 is 6.03 Å². The molecule has 0 spiro atoms. The highest BCUT2D eigenvalue weighted by Crippen LogP contribution is 2.40. The molecule has 130 valence electrons. The van der Waals surface area contributed by atoms with Crippen LogP contribution in [0.4, 0.5) is 10.5 Å². The molecule has 7 heteroatoms. The van der Waals surface area contributed by atoms with E-state index in [0.717, 1.165) is 5.56 Å². The molecule has 3 rings (SSSR count). The Morgan fingerprint density at radius 1 is 1.16 bits per heavy atom. The van der Waals surface area contributed by atoms with Gasteiger partial charge in [-0.15, -0.1) is 0 Å². The minimum atomic E-state index is -0.465. The topological polar surface area (TPSA) is 70.7 Å². The van der Waals surface area contributed by atoms with Gasteiger partial charge in [0, 0.05) is 17.0 Å². The Balaban J connectivity index is 1.90. The van der Waals surface area contributed by atoms with E-state index >= 15 is 0 Å². The van der Waals surface area contributed by atoms with Gasteiger partial charge in [0.05, 0.1) is 12.2 Å². The van der Waals surface area contributed by atoms with Crippen molar-refractivity contribution in [3.63, 3.8) is 0 Å². The Hall–Kier alpha value is -2.73. The third kappa shape index (κ3) is 3.85. The van der Waals surface area contributed by atoms with Crippen LogP contribution in [0.5, 0.6) is 11.5 Å². The second-order valence-corrected chi connectivity index (χ2v) is 6.07. The van der Waals surface area contributed by atoms with Crippen LogP contribution in [0.15, 0.2) is 42.5 Å². The third-order valence-corrected chi connectivity index (χ3v) is 4.00. The lowest BCUT2D eigenvalue weighted by molar-refractivity contribution is -0.121. The first-order valence-electron chi connectivity index (χ1n) is 8.00. The van der Waals surface area contributed by atoms with Gasteiger partial charge < -0.3 is 4.74 Å². The van der Waals surface area contributed by atoms with Crippen LogP contribution in [0.2, 0.25) is 5.02 Å². The molecule has 6 nitrogen and oxygen atoms in total. The van der Waals surface area contributed by atoms with Crippen LogP contribution >= 0.6 is 11.6 Å². The number of anilines is 1. The molecule has 2 N–H and O–H groups in total. The summed E-state index contributed by atoms with van der Waals surface area (Å²) in [5.41, 5.74) is 6.25. The van der Waals surface area contributed by atoms with Crippen molar-refractivity contribution in [2.45, 2.75) is 26.3 Å². The van der Waals surface area contributed by atoms with Crippen molar-refractivity contribution in [1.29, 1.82) is 0 Å². The number of carbonyl (C=O) groups is 2. The summed E-state index contributed by atoms with van der Waals surface area (Å²) in [5.74, 6) is 0.953. The molecule has 3 amide bonds. The first kappa shape index (κ1) is 17.1. The summed E-state index contributed by atoms with van der Waals surface area (Å²) in [5, 5.41) is 0.487. The number of nitrogens with one attached hydrogen (secondary N) is 2. The Kier molecular flexibility index (Phi) is 5.09. The number of para-hydroxylation sites is 1. The number of nitrogens with zero attached hydrogens (tertiary/aromatic N) is 1. The van der Waals surface area contributed by atoms with Gasteiger partial charge in [-0.05, 0) is 30.7 Å². The normalized spacial score (nSPS) is 12.3. The van der Waals surface area contributed by atoms with Crippen molar-refractivity contribution in [2.24, 2.45) is 0 Å². The minimum absolute atomic E-state index is 0.242. The van der Waals surface area contributed by atoms with E-state index in [0.29, 0.717) is 41.6 Å². The first-order chi connectivity index (χ1) is 12.1. The van der Waals surface area contributed by atoms with E-state index in [-0.39, 0.29) is 5.91 Å². The zero-order valence-corrected chi connectivity index (χ0v) is 14.5. The van der Waals surface area contributed by atoms with Gasteiger partial charge in [0.15, 0.2) is 5.75 Å². The van der Waals surface area contributed by atoms with Gasteiger partial charge in [0.25, 0.3) is 0 Å². The summed E-state index contributed by atoms with van der Waals surface area (Å²) in [7, 11) is 0. The molecule has 0 radical (unpaired) electrons. The molecule has 2 aromatic rings. The van der Waals surface area contributed by atoms with Crippen molar-refractivity contribution < 1.29 is 14.3 Å². The van der Waals surface area contributed by atoms with E-state index in [9.17, 15) is 9.59 Å². The van der Waals surface area contributed by atoms with E-state index in [1.807, 2.05) is 31.2 Å². The minimum Gasteiger partial charge on any atom is -0.455 e. The van der Waals surface area contributed by atoms with Gasteiger partial charge in [0.2, 0.25) is 5.91 Å². The molecule has 0 unspecified atom stereocenters. The van der Waals surface area contributed by atoms with Crippen LogP contribution in [0.25, 0.3) is 0 Å². The Bertz CT molecular complexity index is 810. The molecule has 1 aliphatic heterocycles. The highest BCUT2D eigenvalue weighted by molar-refractivity contribution is 6.31. The first-order valence-corrected chi connectivity index (χ1v) is 8.38. The van der Waals surface area contributed by atoms with Crippen LogP contribution in [0.1, 0.15) is 25.3 Å². The van der Waals surface area contributed by atoms with Gasteiger partial charge in [-0.3, -0.25) is 15.1 Å². The zero-order valence-electron chi connectivity index (χ0n) is 13.7. The molecule has 0 saturated heterocycles. The Morgan fingerprint density at radius 2 is 1.96 bits per heavy atom. The maximum Gasteiger partial charge on any atom is 0.341 e. The fourth-order valence-electron chi connectivity index (χ4n) is 2.56. The van der Waals surface area contributed by atoms with Crippen molar-refractivity contribution >= 4 is 29.2 Å². The number of ether oxygens (including phenoxy) is 1. The molecule has 0 atom stereocenters. The van der Waals surface area contributed by atoms with Crippen molar-refractivity contribution in [3.05, 3.63) is 53.1 Å². The SMILES string of the molecule is CCCC(=O)NNC(=O)N1Cc2ccccc2Oc2ccc(Cl)cc21. The second kappa shape index (κ2) is 7.44. The lowest BCUT2D eigenvalue weighted by Gasteiger charge is -2.22. The number of fused-ring (bicyclic) bond motifs is 2. The monoisotopic (exact) mass is 359 g/mol. The molecule has 25 heavy (non-hydrogen) atoms. The summed E-state index contributed by atoms with van der Waals surface area (Å²) < 4.78 is 5.93. The molecule has 2 aromatic carbocycles. The average molecular weight is 360 g/mol. The summed E-state index contributed by atoms with van der Waals surface area (Å²) in [6.07, 6.45) is 1.04. The molecule has 0 aromatic heterocycles. The number of benzene rings is 2. The maximum atomic E-state index is 12.6. The summed E-state index contributed by atoms with van der Waals surface area (Å²) in [6.45, 7) is 2.18. The number of amides is 3. The fourth-order valence-corrected chi connectivity index (χ4v) is 2.72.